The molecule has 0 spiro atoms. The second-order valence-corrected chi connectivity index (χ2v) is 6.42. The molecule has 0 fully saturated rings. The summed E-state index contributed by atoms with van der Waals surface area (Å²) >= 11 is 0. The van der Waals surface area contributed by atoms with Crippen molar-refractivity contribution < 1.29 is 19.0 Å². The van der Waals surface area contributed by atoms with E-state index in [2.05, 4.69) is 5.32 Å². The molecule has 0 aromatic heterocycles. The van der Waals surface area contributed by atoms with Gasteiger partial charge in [0.25, 0.3) is 0 Å². The number of carbonyl (C=O) groups is 1. The summed E-state index contributed by atoms with van der Waals surface area (Å²) < 4.78 is 15.9. The Labute approximate surface area is 161 Å². The van der Waals surface area contributed by atoms with Gasteiger partial charge in [0.15, 0.2) is 0 Å². The van der Waals surface area contributed by atoms with E-state index in [1.54, 1.807) is 21.3 Å². The quantitative estimate of drug-likeness (QED) is 0.733. The summed E-state index contributed by atoms with van der Waals surface area (Å²) in [6, 6.07) is 13.2. The Morgan fingerprint density at radius 1 is 1.04 bits per heavy atom. The van der Waals surface area contributed by atoms with Gasteiger partial charge in [-0.25, -0.2) is 0 Å². The minimum Gasteiger partial charge on any atom is -0.497 e. The van der Waals surface area contributed by atoms with Crippen molar-refractivity contribution in [2.45, 2.75) is 19.5 Å². The molecule has 0 aliphatic rings. The van der Waals surface area contributed by atoms with Gasteiger partial charge < -0.3 is 19.5 Å². The first-order valence-corrected chi connectivity index (χ1v) is 8.79. The predicted octanol–water partition coefficient (Wildman–Crippen LogP) is 3.02. The maximum Gasteiger partial charge on any atom is 0.234 e. The van der Waals surface area contributed by atoms with Crippen LogP contribution in [0.5, 0.6) is 17.2 Å². The topological polar surface area (TPSA) is 60.0 Å². The lowest BCUT2D eigenvalue weighted by atomic mass is 10.1. The van der Waals surface area contributed by atoms with Crippen molar-refractivity contribution in [3.63, 3.8) is 0 Å². The summed E-state index contributed by atoms with van der Waals surface area (Å²) in [5.41, 5.74) is 1.97. The van der Waals surface area contributed by atoms with E-state index < -0.39 is 0 Å². The van der Waals surface area contributed by atoms with E-state index in [0.717, 1.165) is 22.6 Å². The fourth-order valence-electron chi connectivity index (χ4n) is 2.93. The SMILES string of the molecule is COc1cccc(CN(C)CC(=O)NC(C)c2cc(OC)ccc2OC)c1. The zero-order chi connectivity index (χ0) is 19.8. The molecule has 6 heteroatoms. The third-order valence-corrected chi connectivity index (χ3v) is 4.28. The Kier molecular flexibility index (Phi) is 7.49. The molecule has 146 valence electrons. The van der Waals surface area contributed by atoms with Crippen LogP contribution in [-0.2, 0) is 11.3 Å². The molecule has 1 unspecified atom stereocenters. The molecule has 27 heavy (non-hydrogen) atoms. The highest BCUT2D eigenvalue weighted by Gasteiger charge is 2.16. The number of rotatable bonds is 9. The number of methoxy groups -OCH3 is 3. The molecular formula is C21H28N2O4. The molecule has 2 aromatic carbocycles. The zero-order valence-corrected chi connectivity index (χ0v) is 16.6. The van der Waals surface area contributed by atoms with Crippen LogP contribution < -0.4 is 19.5 Å². The maximum absolute atomic E-state index is 12.5. The van der Waals surface area contributed by atoms with E-state index in [0.29, 0.717) is 12.3 Å². The Balaban J connectivity index is 1.96. The van der Waals surface area contributed by atoms with Crippen molar-refractivity contribution in [1.29, 1.82) is 0 Å². The summed E-state index contributed by atoms with van der Waals surface area (Å²) in [5, 5.41) is 3.02. The van der Waals surface area contributed by atoms with Crippen molar-refractivity contribution in [1.82, 2.24) is 10.2 Å². The number of ether oxygens (including phenoxy) is 3. The van der Waals surface area contributed by atoms with Crippen molar-refractivity contribution in [3.05, 3.63) is 53.6 Å². The first-order valence-electron chi connectivity index (χ1n) is 8.79. The van der Waals surface area contributed by atoms with Gasteiger partial charge in [-0.1, -0.05) is 12.1 Å². The molecule has 0 saturated carbocycles. The summed E-state index contributed by atoms with van der Waals surface area (Å²) in [4.78, 5) is 14.4. The van der Waals surface area contributed by atoms with Crippen LogP contribution in [0, 0.1) is 0 Å². The molecule has 0 heterocycles. The second kappa shape index (κ2) is 9.83. The van der Waals surface area contributed by atoms with Gasteiger partial charge in [0.1, 0.15) is 17.2 Å². The monoisotopic (exact) mass is 372 g/mol. The van der Waals surface area contributed by atoms with Gasteiger partial charge in [-0.3, -0.25) is 9.69 Å². The molecule has 0 aliphatic carbocycles. The second-order valence-electron chi connectivity index (χ2n) is 6.42. The van der Waals surface area contributed by atoms with E-state index in [1.807, 2.05) is 61.3 Å². The third-order valence-electron chi connectivity index (χ3n) is 4.28. The van der Waals surface area contributed by atoms with Gasteiger partial charge in [-0.05, 0) is 49.9 Å². The largest absolute Gasteiger partial charge is 0.497 e. The minimum absolute atomic E-state index is 0.0576. The molecular weight excluding hydrogens is 344 g/mol. The standard InChI is InChI=1S/C21H28N2O4/c1-15(19-12-18(26-4)9-10-20(19)27-5)22-21(24)14-23(2)13-16-7-6-8-17(11-16)25-3/h6-12,15H,13-14H2,1-5H3,(H,22,24). The van der Waals surface area contributed by atoms with Crippen molar-refractivity contribution in [2.24, 2.45) is 0 Å². The molecule has 0 bridgehead atoms. The first-order chi connectivity index (χ1) is 13.0. The highest BCUT2D eigenvalue weighted by atomic mass is 16.5. The van der Waals surface area contributed by atoms with Crippen LogP contribution in [0.25, 0.3) is 0 Å². The van der Waals surface area contributed by atoms with Gasteiger partial charge in [-0.15, -0.1) is 0 Å². The lowest BCUT2D eigenvalue weighted by Gasteiger charge is -2.21. The Morgan fingerprint density at radius 3 is 2.41 bits per heavy atom. The Hall–Kier alpha value is -2.73. The molecule has 6 nitrogen and oxygen atoms in total. The van der Waals surface area contributed by atoms with E-state index >= 15 is 0 Å². The van der Waals surface area contributed by atoms with Crippen LogP contribution in [0.3, 0.4) is 0 Å². The van der Waals surface area contributed by atoms with Crippen LogP contribution in [-0.4, -0.2) is 45.7 Å². The summed E-state index contributed by atoms with van der Waals surface area (Å²) in [5.74, 6) is 2.19. The number of hydrogen-bond acceptors (Lipinski definition) is 5. The average Bonchev–Trinajstić information content (AvgIpc) is 2.67. The number of likely N-dealkylation sites (N-methyl/N-ethyl adjacent to an activating group) is 1. The van der Waals surface area contributed by atoms with E-state index in [4.69, 9.17) is 14.2 Å². The number of hydrogen-bond donors (Lipinski definition) is 1. The van der Waals surface area contributed by atoms with Gasteiger partial charge in [0, 0.05) is 12.1 Å². The van der Waals surface area contributed by atoms with Gasteiger partial charge >= 0.3 is 0 Å². The summed E-state index contributed by atoms with van der Waals surface area (Å²) in [7, 11) is 6.78. The van der Waals surface area contributed by atoms with E-state index in [1.165, 1.54) is 0 Å². The molecule has 0 aliphatic heterocycles. The minimum atomic E-state index is -0.201. The summed E-state index contributed by atoms with van der Waals surface area (Å²) in [6.07, 6.45) is 0. The van der Waals surface area contributed by atoms with Crippen molar-refractivity contribution in [3.8, 4) is 17.2 Å². The fraction of sp³-hybridized carbons (Fsp3) is 0.381. The van der Waals surface area contributed by atoms with Crippen LogP contribution in [0.2, 0.25) is 0 Å². The van der Waals surface area contributed by atoms with Gasteiger partial charge in [0.2, 0.25) is 5.91 Å². The normalized spacial score (nSPS) is 11.8. The predicted molar refractivity (Wildman–Crippen MR) is 105 cm³/mol. The van der Waals surface area contributed by atoms with Crippen LogP contribution >= 0.6 is 0 Å². The molecule has 2 aromatic rings. The van der Waals surface area contributed by atoms with E-state index in [9.17, 15) is 4.79 Å². The maximum atomic E-state index is 12.5. The molecule has 0 radical (unpaired) electrons. The smallest absolute Gasteiger partial charge is 0.234 e. The number of nitrogens with zero attached hydrogens (tertiary/aromatic N) is 1. The van der Waals surface area contributed by atoms with E-state index in [-0.39, 0.29) is 18.5 Å². The van der Waals surface area contributed by atoms with Gasteiger partial charge in [0.05, 0.1) is 33.9 Å². The lowest BCUT2D eigenvalue weighted by Crippen LogP contribution is -2.36. The van der Waals surface area contributed by atoms with Crippen LogP contribution in [0.1, 0.15) is 24.1 Å². The zero-order valence-electron chi connectivity index (χ0n) is 16.6. The van der Waals surface area contributed by atoms with Crippen LogP contribution in [0.4, 0.5) is 0 Å². The molecule has 2 rings (SSSR count). The highest BCUT2D eigenvalue weighted by molar-refractivity contribution is 5.78. The average molecular weight is 372 g/mol. The Morgan fingerprint density at radius 2 is 1.74 bits per heavy atom. The number of amides is 1. The molecule has 0 saturated heterocycles. The number of carbonyl (C=O) groups excluding carboxylic acids is 1. The van der Waals surface area contributed by atoms with Crippen molar-refractivity contribution in [2.75, 3.05) is 34.9 Å². The molecule has 1 N–H and O–H groups in total. The fourth-order valence-corrected chi connectivity index (χ4v) is 2.93. The number of nitrogens with one attached hydrogen (secondary N) is 1. The molecule has 1 amide bonds. The third kappa shape index (κ3) is 5.89. The van der Waals surface area contributed by atoms with Gasteiger partial charge in [-0.2, -0.15) is 0 Å². The lowest BCUT2D eigenvalue weighted by molar-refractivity contribution is -0.122. The highest BCUT2D eigenvalue weighted by Crippen LogP contribution is 2.29. The van der Waals surface area contributed by atoms with Crippen LogP contribution in [0.15, 0.2) is 42.5 Å². The molecule has 1 atom stereocenters. The number of benzene rings is 2. The first kappa shape index (κ1) is 20.6. The Bertz CT molecular complexity index is 764. The summed E-state index contributed by atoms with van der Waals surface area (Å²) in [6.45, 7) is 2.87. The van der Waals surface area contributed by atoms with Crippen molar-refractivity contribution >= 4 is 5.91 Å².